The van der Waals surface area contributed by atoms with Gasteiger partial charge in [0.05, 0.1) is 4.92 Å². The molecule has 0 atom stereocenters. The van der Waals surface area contributed by atoms with Gasteiger partial charge in [-0.25, -0.2) is 4.39 Å². The molecule has 0 bridgehead atoms. The molecule has 4 rings (SSSR count). The van der Waals surface area contributed by atoms with Crippen molar-refractivity contribution >= 4 is 11.5 Å². The van der Waals surface area contributed by atoms with E-state index in [4.69, 9.17) is 4.74 Å². The molecule has 0 heterocycles. The van der Waals surface area contributed by atoms with Gasteiger partial charge in [0.2, 0.25) is 0 Å². The molecule has 0 aromatic heterocycles. The predicted molar refractivity (Wildman–Crippen MR) is 97.6 cm³/mol. The molecule has 27 heavy (non-hydrogen) atoms. The fourth-order valence-corrected chi connectivity index (χ4v) is 3.28. The number of carbonyl (C=O) groups excluding carboxylic acids is 1. The Bertz CT molecular complexity index is 1080. The van der Waals surface area contributed by atoms with Crippen LogP contribution in [0.1, 0.15) is 21.5 Å². The molecule has 134 valence electrons. The SMILES string of the molecule is O=C(COc1cc(F)ccc1[N+](=O)[O-])c1ccc2c(c1)-c1ccccc1C2. The summed E-state index contributed by atoms with van der Waals surface area (Å²) < 4.78 is 18.6. The van der Waals surface area contributed by atoms with E-state index in [-0.39, 0.29) is 17.2 Å². The zero-order valence-electron chi connectivity index (χ0n) is 14.1. The minimum absolute atomic E-state index is 0.264. The van der Waals surface area contributed by atoms with Gasteiger partial charge >= 0.3 is 5.69 Å². The van der Waals surface area contributed by atoms with Crippen LogP contribution in [-0.2, 0) is 6.42 Å². The fourth-order valence-electron chi connectivity index (χ4n) is 3.28. The fraction of sp³-hybridized carbons (Fsp3) is 0.0952. The summed E-state index contributed by atoms with van der Waals surface area (Å²) in [6.45, 7) is -0.412. The summed E-state index contributed by atoms with van der Waals surface area (Å²) in [4.78, 5) is 22.8. The topological polar surface area (TPSA) is 69.4 Å². The molecule has 1 aliphatic carbocycles. The number of ketones is 1. The number of nitro benzene ring substituents is 1. The van der Waals surface area contributed by atoms with Gasteiger partial charge in [-0.05, 0) is 40.8 Å². The van der Waals surface area contributed by atoms with Gasteiger partial charge in [0.25, 0.3) is 0 Å². The number of hydrogen-bond donors (Lipinski definition) is 0. The predicted octanol–water partition coefficient (Wildman–Crippen LogP) is 4.57. The summed E-state index contributed by atoms with van der Waals surface area (Å²) in [5.41, 5.74) is 4.53. The van der Waals surface area contributed by atoms with E-state index in [0.717, 1.165) is 41.3 Å². The van der Waals surface area contributed by atoms with E-state index in [0.29, 0.717) is 5.56 Å². The molecular formula is C21H14FNO4. The summed E-state index contributed by atoms with van der Waals surface area (Å²) in [6.07, 6.45) is 0.825. The van der Waals surface area contributed by atoms with Crippen LogP contribution in [0.25, 0.3) is 11.1 Å². The molecule has 0 radical (unpaired) electrons. The lowest BCUT2D eigenvalue weighted by atomic mass is 10.0. The summed E-state index contributed by atoms with van der Waals surface area (Å²) in [6, 6.07) is 16.4. The summed E-state index contributed by atoms with van der Waals surface area (Å²) >= 11 is 0. The first-order valence-electron chi connectivity index (χ1n) is 8.34. The van der Waals surface area contributed by atoms with Crippen LogP contribution in [0.15, 0.2) is 60.7 Å². The number of ether oxygens (including phenoxy) is 1. The lowest BCUT2D eigenvalue weighted by Gasteiger charge is -2.08. The maximum absolute atomic E-state index is 13.4. The molecule has 0 amide bonds. The van der Waals surface area contributed by atoms with Crippen molar-refractivity contribution in [3.05, 3.63) is 93.3 Å². The quantitative estimate of drug-likeness (QED) is 0.296. The second-order valence-electron chi connectivity index (χ2n) is 6.29. The summed E-state index contributed by atoms with van der Waals surface area (Å²) in [7, 11) is 0. The zero-order valence-corrected chi connectivity index (χ0v) is 14.1. The Morgan fingerprint density at radius 2 is 1.81 bits per heavy atom. The number of carbonyl (C=O) groups is 1. The van der Waals surface area contributed by atoms with E-state index >= 15 is 0 Å². The molecule has 0 saturated heterocycles. The molecule has 3 aromatic rings. The first-order chi connectivity index (χ1) is 13.0. The van der Waals surface area contributed by atoms with Gasteiger partial charge in [0.1, 0.15) is 5.82 Å². The number of nitrogens with zero attached hydrogens (tertiary/aromatic N) is 1. The van der Waals surface area contributed by atoms with Crippen molar-refractivity contribution in [2.24, 2.45) is 0 Å². The molecular weight excluding hydrogens is 349 g/mol. The van der Waals surface area contributed by atoms with E-state index in [1.165, 1.54) is 5.56 Å². The van der Waals surface area contributed by atoms with Crippen LogP contribution in [0, 0.1) is 15.9 Å². The van der Waals surface area contributed by atoms with Crippen molar-refractivity contribution in [2.75, 3.05) is 6.61 Å². The number of rotatable bonds is 5. The molecule has 5 nitrogen and oxygen atoms in total. The van der Waals surface area contributed by atoms with Gasteiger partial charge in [0.15, 0.2) is 18.1 Å². The highest BCUT2D eigenvalue weighted by Gasteiger charge is 2.21. The Kier molecular flexibility index (Phi) is 4.16. The molecule has 3 aromatic carbocycles. The zero-order chi connectivity index (χ0) is 19.0. The Morgan fingerprint density at radius 3 is 2.63 bits per heavy atom. The standard InChI is InChI=1S/C21H14FNO4/c22-16-7-8-19(23(25)26)21(11-16)27-12-20(24)15-6-5-14-9-13-3-1-2-4-17(13)18(14)10-15/h1-8,10-11H,9,12H2. The van der Waals surface area contributed by atoms with Crippen LogP contribution in [0.5, 0.6) is 5.75 Å². The second-order valence-corrected chi connectivity index (χ2v) is 6.29. The van der Waals surface area contributed by atoms with Crippen molar-refractivity contribution in [1.29, 1.82) is 0 Å². The first-order valence-corrected chi connectivity index (χ1v) is 8.34. The lowest BCUT2D eigenvalue weighted by molar-refractivity contribution is -0.385. The number of halogens is 1. The lowest BCUT2D eigenvalue weighted by Crippen LogP contribution is -2.12. The minimum Gasteiger partial charge on any atom is -0.478 e. The molecule has 6 heteroatoms. The van der Waals surface area contributed by atoms with Gasteiger partial charge < -0.3 is 4.74 Å². The number of hydrogen-bond acceptors (Lipinski definition) is 4. The molecule has 1 aliphatic rings. The van der Waals surface area contributed by atoms with Crippen LogP contribution < -0.4 is 4.74 Å². The van der Waals surface area contributed by atoms with Crippen molar-refractivity contribution in [3.63, 3.8) is 0 Å². The second kappa shape index (κ2) is 6.64. The molecule has 0 N–H and O–H groups in total. The first kappa shape index (κ1) is 16.9. The van der Waals surface area contributed by atoms with Crippen molar-refractivity contribution in [1.82, 2.24) is 0 Å². The summed E-state index contributed by atoms with van der Waals surface area (Å²) in [5, 5.41) is 11.0. The maximum atomic E-state index is 13.4. The smallest absolute Gasteiger partial charge is 0.311 e. The van der Waals surface area contributed by atoms with Crippen LogP contribution in [0.3, 0.4) is 0 Å². The van der Waals surface area contributed by atoms with Gasteiger partial charge in [0, 0.05) is 17.7 Å². The molecule has 0 aliphatic heterocycles. The van der Waals surface area contributed by atoms with Gasteiger partial charge in [-0.1, -0.05) is 36.4 Å². The highest BCUT2D eigenvalue weighted by molar-refractivity contribution is 5.99. The van der Waals surface area contributed by atoms with E-state index < -0.39 is 17.3 Å². The van der Waals surface area contributed by atoms with Gasteiger partial charge in [-0.15, -0.1) is 0 Å². The molecule has 0 fully saturated rings. The van der Waals surface area contributed by atoms with Crippen LogP contribution in [0.4, 0.5) is 10.1 Å². The highest BCUT2D eigenvalue weighted by atomic mass is 19.1. The Morgan fingerprint density at radius 1 is 1.04 bits per heavy atom. The monoisotopic (exact) mass is 363 g/mol. The molecule has 0 spiro atoms. The molecule has 0 saturated carbocycles. The third kappa shape index (κ3) is 3.17. The average molecular weight is 363 g/mol. The maximum Gasteiger partial charge on any atom is 0.311 e. The van der Waals surface area contributed by atoms with Crippen molar-refractivity contribution < 1.29 is 18.8 Å². The minimum atomic E-state index is -0.675. The van der Waals surface area contributed by atoms with Crippen LogP contribution in [0.2, 0.25) is 0 Å². The third-order valence-corrected chi connectivity index (χ3v) is 4.60. The van der Waals surface area contributed by atoms with Gasteiger partial charge in [-0.2, -0.15) is 0 Å². The van der Waals surface area contributed by atoms with Crippen LogP contribution >= 0.6 is 0 Å². The van der Waals surface area contributed by atoms with E-state index in [1.807, 2.05) is 30.3 Å². The normalized spacial score (nSPS) is 11.6. The van der Waals surface area contributed by atoms with Crippen molar-refractivity contribution in [3.8, 4) is 16.9 Å². The number of nitro groups is 1. The van der Waals surface area contributed by atoms with E-state index in [2.05, 4.69) is 6.07 Å². The Hall–Kier alpha value is -3.54. The third-order valence-electron chi connectivity index (χ3n) is 4.60. The van der Waals surface area contributed by atoms with Gasteiger partial charge in [-0.3, -0.25) is 14.9 Å². The van der Waals surface area contributed by atoms with E-state index in [1.54, 1.807) is 6.07 Å². The van der Waals surface area contributed by atoms with Crippen LogP contribution in [-0.4, -0.2) is 17.3 Å². The number of Topliss-reactive ketones (excluding diaryl/α,β-unsaturated/α-hetero) is 1. The van der Waals surface area contributed by atoms with Crippen molar-refractivity contribution in [2.45, 2.75) is 6.42 Å². The summed E-state index contributed by atoms with van der Waals surface area (Å²) in [5.74, 6) is -1.27. The average Bonchev–Trinajstić information content (AvgIpc) is 3.03. The molecule has 0 unspecified atom stereocenters. The number of benzene rings is 3. The largest absolute Gasteiger partial charge is 0.478 e. The Balaban J connectivity index is 1.56. The number of fused-ring (bicyclic) bond motifs is 3. The van der Waals surface area contributed by atoms with E-state index in [9.17, 15) is 19.3 Å². The Labute approximate surface area is 154 Å². The highest BCUT2D eigenvalue weighted by Crippen LogP contribution is 2.37.